The number of esters is 1. The molecule has 0 aromatic rings. The third-order valence-electron chi connectivity index (χ3n) is 4.37. The number of hydrogen-bond acceptors (Lipinski definition) is 9. The SMILES string of the molecule is CC(C)COC(=O)[C@H](O)[C@@H](O)[C@H]1OC(C)(C)O[C@H]1[C@H](O)[C@@H]1COC(C)(C)O1. The zero-order valence-corrected chi connectivity index (χ0v) is 16.7. The first-order valence-corrected chi connectivity index (χ1v) is 9.21. The van der Waals surface area contributed by atoms with E-state index in [1.54, 1.807) is 27.7 Å². The second kappa shape index (κ2) is 8.28. The minimum atomic E-state index is -1.84. The molecule has 0 aliphatic carbocycles. The second-order valence-corrected chi connectivity index (χ2v) is 8.38. The molecule has 2 heterocycles. The Balaban J connectivity index is 2.09. The van der Waals surface area contributed by atoms with Crippen molar-refractivity contribution in [2.75, 3.05) is 13.2 Å². The van der Waals surface area contributed by atoms with E-state index in [-0.39, 0.29) is 19.1 Å². The van der Waals surface area contributed by atoms with Crippen molar-refractivity contribution >= 4 is 5.97 Å². The van der Waals surface area contributed by atoms with E-state index in [9.17, 15) is 20.1 Å². The summed E-state index contributed by atoms with van der Waals surface area (Å²) in [6.07, 6.45) is -7.59. The van der Waals surface area contributed by atoms with Crippen LogP contribution in [0, 0.1) is 5.92 Å². The van der Waals surface area contributed by atoms with E-state index < -0.39 is 54.2 Å². The molecule has 2 aliphatic rings. The predicted octanol–water partition coefficient (Wildman–Crippen LogP) is -0.0601. The van der Waals surface area contributed by atoms with E-state index in [1.165, 1.54) is 0 Å². The van der Waals surface area contributed by atoms with Crippen molar-refractivity contribution in [1.82, 2.24) is 0 Å². The summed E-state index contributed by atoms with van der Waals surface area (Å²) in [6, 6.07) is 0. The van der Waals surface area contributed by atoms with Crippen molar-refractivity contribution in [1.29, 1.82) is 0 Å². The van der Waals surface area contributed by atoms with E-state index in [1.807, 2.05) is 13.8 Å². The first kappa shape index (κ1) is 22.5. The van der Waals surface area contributed by atoms with Gasteiger partial charge in [0, 0.05) is 0 Å². The van der Waals surface area contributed by atoms with Gasteiger partial charge in [-0.2, -0.15) is 0 Å². The van der Waals surface area contributed by atoms with Crippen LogP contribution in [-0.2, 0) is 28.5 Å². The number of aliphatic hydroxyl groups is 3. The quantitative estimate of drug-likeness (QED) is 0.511. The summed E-state index contributed by atoms with van der Waals surface area (Å²) in [5.41, 5.74) is 0. The summed E-state index contributed by atoms with van der Waals surface area (Å²) < 4.78 is 27.5. The Kier molecular flexibility index (Phi) is 6.89. The van der Waals surface area contributed by atoms with E-state index in [4.69, 9.17) is 23.7 Å². The molecule has 2 saturated heterocycles. The van der Waals surface area contributed by atoms with Gasteiger partial charge in [-0.3, -0.25) is 0 Å². The fourth-order valence-electron chi connectivity index (χ4n) is 3.09. The van der Waals surface area contributed by atoms with Crippen LogP contribution in [0.25, 0.3) is 0 Å². The maximum Gasteiger partial charge on any atom is 0.337 e. The maximum atomic E-state index is 12.0. The molecule has 3 N–H and O–H groups in total. The normalized spacial score (nSPS) is 33.0. The number of carbonyl (C=O) groups is 1. The van der Waals surface area contributed by atoms with Gasteiger partial charge in [0.05, 0.1) is 13.2 Å². The zero-order chi connectivity index (χ0) is 20.6. The molecular weight excluding hydrogens is 360 g/mol. The van der Waals surface area contributed by atoms with E-state index in [0.29, 0.717) is 0 Å². The summed E-state index contributed by atoms with van der Waals surface area (Å²) in [6.45, 7) is 10.6. The fourth-order valence-corrected chi connectivity index (χ4v) is 3.09. The van der Waals surface area contributed by atoms with Crippen molar-refractivity contribution in [2.45, 2.75) is 89.7 Å². The van der Waals surface area contributed by atoms with Crippen LogP contribution in [-0.4, -0.2) is 82.7 Å². The predicted molar refractivity (Wildman–Crippen MR) is 92.5 cm³/mol. The molecule has 6 atom stereocenters. The Morgan fingerprint density at radius 3 is 2.15 bits per heavy atom. The lowest BCUT2D eigenvalue weighted by molar-refractivity contribution is -0.181. The molecular formula is C18H32O9. The summed E-state index contributed by atoms with van der Waals surface area (Å²) in [5, 5.41) is 31.4. The van der Waals surface area contributed by atoms with E-state index >= 15 is 0 Å². The Hall–Kier alpha value is -0.810. The van der Waals surface area contributed by atoms with Crippen LogP contribution in [0.5, 0.6) is 0 Å². The van der Waals surface area contributed by atoms with Crippen molar-refractivity contribution in [2.24, 2.45) is 5.92 Å². The molecule has 2 fully saturated rings. The van der Waals surface area contributed by atoms with Gasteiger partial charge in [-0.25, -0.2) is 4.79 Å². The maximum absolute atomic E-state index is 12.0. The summed E-state index contributed by atoms with van der Waals surface area (Å²) in [5.74, 6) is -2.86. The molecule has 0 aromatic carbocycles. The second-order valence-electron chi connectivity index (χ2n) is 8.38. The van der Waals surface area contributed by atoms with Crippen LogP contribution >= 0.6 is 0 Å². The van der Waals surface area contributed by atoms with E-state index in [0.717, 1.165) is 0 Å². The van der Waals surface area contributed by atoms with Crippen molar-refractivity contribution in [3.05, 3.63) is 0 Å². The molecule has 2 rings (SSSR count). The largest absolute Gasteiger partial charge is 0.463 e. The highest BCUT2D eigenvalue weighted by Gasteiger charge is 2.53. The van der Waals surface area contributed by atoms with Gasteiger partial charge in [-0.05, 0) is 33.6 Å². The van der Waals surface area contributed by atoms with Crippen LogP contribution in [0.15, 0.2) is 0 Å². The Bertz CT molecular complexity index is 519. The van der Waals surface area contributed by atoms with Gasteiger partial charge in [0.15, 0.2) is 17.7 Å². The Labute approximate surface area is 159 Å². The molecule has 0 spiro atoms. The lowest BCUT2D eigenvalue weighted by Crippen LogP contribution is -2.53. The zero-order valence-electron chi connectivity index (χ0n) is 16.7. The average molecular weight is 392 g/mol. The van der Waals surface area contributed by atoms with Crippen LogP contribution in [0.4, 0.5) is 0 Å². The molecule has 27 heavy (non-hydrogen) atoms. The highest BCUT2D eigenvalue weighted by atomic mass is 16.8. The fraction of sp³-hybridized carbons (Fsp3) is 0.944. The lowest BCUT2D eigenvalue weighted by atomic mass is 9.96. The molecule has 2 aliphatic heterocycles. The van der Waals surface area contributed by atoms with Crippen LogP contribution in [0.2, 0.25) is 0 Å². The average Bonchev–Trinajstić information content (AvgIpc) is 3.09. The standard InChI is InChI=1S/C18H32O9/c1-9(2)7-23-16(22)13(21)12(20)15-14(26-18(5,6)27-15)11(19)10-8-24-17(3,4)25-10/h9-15,19-21H,7-8H2,1-6H3/t10-,11+,12+,13+,14-,15+/m0/s1. The van der Waals surface area contributed by atoms with Crippen molar-refractivity contribution in [3.63, 3.8) is 0 Å². The number of ether oxygens (including phenoxy) is 5. The van der Waals surface area contributed by atoms with Gasteiger partial charge in [-0.15, -0.1) is 0 Å². The van der Waals surface area contributed by atoms with Gasteiger partial charge in [-0.1, -0.05) is 13.8 Å². The molecule has 0 radical (unpaired) electrons. The first-order valence-electron chi connectivity index (χ1n) is 9.21. The lowest BCUT2D eigenvalue weighted by Gasteiger charge is -2.30. The van der Waals surface area contributed by atoms with Crippen LogP contribution in [0.3, 0.4) is 0 Å². The summed E-state index contributed by atoms with van der Waals surface area (Å²) >= 11 is 0. The molecule has 0 bridgehead atoms. The number of carbonyl (C=O) groups excluding carboxylic acids is 1. The van der Waals surface area contributed by atoms with Gasteiger partial charge in [0.25, 0.3) is 0 Å². The molecule has 158 valence electrons. The number of hydrogen-bond donors (Lipinski definition) is 3. The molecule has 0 amide bonds. The highest BCUT2D eigenvalue weighted by Crippen LogP contribution is 2.36. The summed E-state index contributed by atoms with van der Waals surface area (Å²) in [4.78, 5) is 12.0. The van der Waals surface area contributed by atoms with Gasteiger partial charge in [0.1, 0.15) is 30.5 Å². The minimum absolute atomic E-state index is 0.0840. The topological polar surface area (TPSA) is 124 Å². The number of rotatable bonds is 7. The van der Waals surface area contributed by atoms with Crippen LogP contribution in [0.1, 0.15) is 41.5 Å². The van der Waals surface area contributed by atoms with Crippen molar-refractivity contribution in [3.8, 4) is 0 Å². The summed E-state index contributed by atoms with van der Waals surface area (Å²) in [7, 11) is 0. The third kappa shape index (κ3) is 5.60. The molecule has 0 unspecified atom stereocenters. The first-order chi connectivity index (χ1) is 12.3. The van der Waals surface area contributed by atoms with Gasteiger partial charge >= 0.3 is 5.97 Å². The van der Waals surface area contributed by atoms with Gasteiger partial charge in [0.2, 0.25) is 0 Å². The van der Waals surface area contributed by atoms with E-state index in [2.05, 4.69) is 0 Å². The molecule has 9 heteroatoms. The van der Waals surface area contributed by atoms with Crippen LogP contribution < -0.4 is 0 Å². The number of aliphatic hydroxyl groups excluding tert-OH is 3. The molecule has 0 saturated carbocycles. The minimum Gasteiger partial charge on any atom is -0.463 e. The molecule has 9 nitrogen and oxygen atoms in total. The smallest absolute Gasteiger partial charge is 0.337 e. The molecule has 0 aromatic heterocycles. The Morgan fingerprint density at radius 2 is 1.63 bits per heavy atom. The third-order valence-corrected chi connectivity index (χ3v) is 4.37. The van der Waals surface area contributed by atoms with Gasteiger partial charge < -0.3 is 39.0 Å². The monoisotopic (exact) mass is 392 g/mol. The Morgan fingerprint density at radius 1 is 1.04 bits per heavy atom. The highest BCUT2D eigenvalue weighted by molar-refractivity contribution is 5.75. The van der Waals surface area contributed by atoms with Crippen molar-refractivity contribution < 1.29 is 43.8 Å².